The van der Waals surface area contributed by atoms with E-state index in [1.54, 1.807) is 23.1 Å². The van der Waals surface area contributed by atoms with Gasteiger partial charge in [-0.1, -0.05) is 16.5 Å². The van der Waals surface area contributed by atoms with Gasteiger partial charge < -0.3 is 4.52 Å². The van der Waals surface area contributed by atoms with Crippen molar-refractivity contribution in [3.05, 3.63) is 30.4 Å². The van der Waals surface area contributed by atoms with Gasteiger partial charge in [0, 0.05) is 18.5 Å². The summed E-state index contributed by atoms with van der Waals surface area (Å²) in [5, 5.41) is 17.2. The summed E-state index contributed by atoms with van der Waals surface area (Å²) < 4.78 is 6.83. The van der Waals surface area contributed by atoms with Gasteiger partial charge in [-0.2, -0.15) is 4.52 Å². The normalized spacial score (nSPS) is 11.2. The molecule has 0 aromatic carbocycles. The van der Waals surface area contributed by atoms with E-state index in [0.717, 1.165) is 5.69 Å². The van der Waals surface area contributed by atoms with Gasteiger partial charge in [-0.15, -0.1) is 15.3 Å². The van der Waals surface area contributed by atoms with Crippen LogP contribution in [0.2, 0.25) is 0 Å². The number of aromatic nitrogens is 7. The summed E-state index contributed by atoms with van der Waals surface area (Å²) in [5.74, 6) is 1.16. The minimum atomic E-state index is 0.548. The summed E-state index contributed by atoms with van der Waals surface area (Å²) in [6.07, 6.45) is 4.82. The zero-order valence-corrected chi connectivity index (χ0v) is 11.1. The van der Waals surface area contributed by atoms with Gasteiger partial charge in [0.05, 0.1) is 11.9 Å². The first-order valence-corrected chi connectivity index (χ1v) is 6.55. The Bertz CT molecular complexity index is 879. The van der Waals surface area contributed by atoms with Gasteiger partial charge in [0.25, 0.3) is 0 Å². The first-order chi connectivity index (χ1) is 9.81. The smallest absolute Gasteiger partial charge is 0.235 e. The van der Waals surface area contributed by atoms with E-state index in [0.29, 0.717) is 27.2 Å². The summed E-state index contributed by atoms with van der Waals surface area (Å²) >= 11 is 1.38. The van der Waals surface area contributed by atoms with E-state index in [4.69, 9.17) is 4.52 Å². The average Bonchev–Trinajstić information content (AvgIpc) is 3.13. The van der Waals surface area contributed by atoms with Crippen LogP contribution in [0.15, 0.2) is 29.2 Å². The highest BCUT2D eigenvalue weighted by Crippen LogP contribution is 2.27. The molecule has 4 rings (SSSR count). The van der Waals surface area contributed by atoms with Gasteiger partial charge in [-0.05, 0) is 6.92 Å². The Kier molecular flexibility index (Phi) is 2.33. The van der Waals surface area contributed by atoms with Crippen molar-refractivity contribution >= 4 is 16.3 Å². The summed E-state index contributed by atoms with van der Waals surface area (Å²) in [5.41, 5.74) is 1.42. The van der Waals surface area contributed by atoms with Crippen LogP contribution in [0.5, 0.6) is 0 Å². The molecule has 4 heterocycles. The van der Waals surface area contributed by atoms with Gasteiger partial charge in [0.15, 0.2) is 10.8 Å². The molecular weight excluding hydrogens is 278 g/mol. The molecule has 0 radical (unpaired) electrons. The number of hydrogen-bond acceptors (Lipinski definition) is 8. The second-order valence-corrected chi connectivity index (χ2v) is 5.00. The van der Waals surface area contributed by atoms with Gasteiger partial charge in [-0.3, -0.25) is 4.98 Å². The van der Waals surface area contributed by atoms with Crippen molar-refractivity contribution in [2.75, 3.05) is 0 Å². The fourth-order valence-electron chi connectivity index (χ4n) is 1.76. The summed E-state index contributed by atoms with van der Waals surface area (Å²) in [6.45, 7) is 1.86. The maximum Gasteiger partial charge on any atom is 0.235 e. The van der Waals surface area contributed by atoms with E-state index in [1.165, 1.54) is 11.3 Å². The van der Waals surface area contributed by atoms with Crippen LogP contribution in [0.25, 0.3) is 27.2 Å². The number of rotatable bonds is 2. The van der Waals surface area contributed by atoms with Crippen molar-refractivity contribution in [2.45, 2.75) is 6.92 Å². The SMILES string of the molecule is Cc1cc(-c2nn3c(-c4cnccn4)nnc3s2)on1. The molecule has 4 aromatic heterocycles. The third kappa shape index (κ3) is 1.67. The zero-order chi connectivity index (χ0) is 13.5. The highest BCUT2D eigenvalue weighted by Gasteiger charge is 2.17. The third-order valence-electron chi connectivity index (χ3n) is 2.62. The molecule has 4 aromatic rings. The predicted octanol–water partition coefficient (Wildman–Crippen LogP) is 1.61. The van der Waals surface area contributed by atoms with E-state index >= 15 is 0 Å². The number of aryl methyl sites for hydroxylation is 1. The van der Waals surface area contributed by atoms with Gasteiger partial charge in [-0.25, -0.2) is 4.98 Å². The Morgan fingerprint density at radius 3 is 2.95 bits per heavy atom. The molecule has 0 aliphatic heterocycles. The first-order valence-electron chi connectivity index (χ1n) is 5.73. The molecule has 0 saturated carbocycles. The minimum absolute atomic E-state index is 0.548. The molecule has 0 spiro atoms. The van der Waals surface area contributed by atoms with E-state index in [2.05, 4.69) is 30.4 Å². The molecule has 0 unspecified atom stereocenters. The first kappa shape index (κ1) is 11.2. The Morgan fingerprint density at radius 1 is 1.25 bits per heavy atom. The van der Waals surface area contributed by atoms with E-state index < -0.39 is 0 Å². The molecular formula is C11H7N7OS. The van der Waals surface area contributed by atoms with Crippen molar-refractivity contribution in [1.29, 1.82) is 0 Å². The number of fused-ring (bicyclic) bond motifs is 1. The quantitative estimate of drug-likeness (QED) is 0.552. The van der Waals surface area contributed by atoms with Crippen LogP contribution < -0.4 is 0 Å². The Labute approximate surface area is 116 Å². The van der Waals surface area contributed by atoms with Crippen LogP contribution in [-0.4, -0.2) is 34.9 Å². The Hall–Kier alpha value is -2.68. The molecule has 0 bridgehead atoms. The third-order valence-corrected chi connectivity index (χ3v) is 3.54. The fraction of sp³-hybridized carbons (Fsp3) is 0.0909. The van der Waals surface area contributed by atoms with Crippen molar-refractivity contribution in [3.63, 3.8) is 0 Å². The molecule has 9 heteroatoms. The molecule has 0 atom stereocenters. The molecule has 0 aliphatic carbocycles. The lowest BCUT2D eigenvalue weighted by atomic mass is 10.4. The number of nitrogens with zero attached hydrogens (tertiary/aromatic N) is 7. The van der Waals surface area contributed by atoms with Crippen LogP contribution in [0.3, 0.4) is 0 Å². The van der Waals surface area contributed by atoms with Crippen molar-refractivity contribution in [2.24, 2.45) is 0 Å². The average molecular weight is 285 g/mol. The highest BCUT2D eigenvalue weighted by molar-refractivity contribution is 7.19. The molecule has 8 nitrogen and oxygen atoms in total. The summed E-state index contributed by atoms with van der Waals surface area (Å²) in [6, 6.07) is 1.83. The van der Waals surface area contributed by atoms with Gasteiger partial charge >= 0.3 is 0 Å². The van der Waals surface area contributed by atoms with Crippen LogP contribution in [0.4, 0.5) is 0 Å². The highest BCUT2D eigenvalue weighted by atomic mass is 32.1. The van der Waals surface area contributed by atoms with Gasteiger partial charge in [0.1, 0.15) is 5.69 Å². The lowest BCUT2D eigenvalue weighted by Crippen LogP contribution is -1.93. The van der Waals surface area contributed by atoms with Crippen LogP contribution in [-0.2, 0) is 0 Å². The largest absolute Gasteiger partial charge is 0.353 e. The molecule has 0 fully saturated rings. The molecule has 0 saturated heterocycles. The standard InChI is InChI=1S/C11H7N7OS/c1-6-4-8(19-17-6)10-16-18-9(14-15-11(18)20-10)7-5-12-2-3-13-7/h2-5H,1H3. The molecule has 0 amide bonds. The summed E-state index contributed by atoms with van der Waals surface area (Å²) in [7, 11) is 0. The monoisotopic (exact) mass is 285 g/mol. The zero-order valence-electron chi connectivity index (χ0n) is 10.3. The molecule has 20 heavy (non-hydrogen) atoms. The van der Waals surface area contributed by atoms with Crippen molar-refractivity contribution < 1.29 is 4.52 Å². The molecule has 0 aliphatic rings. The number of hydrogen-bond donors (Lipinski definition) is 0. The minimum Gasteiger partial charge on any atom is -0.353 e. The predicted molar refractivity (Wildman–Crippen MR) is 69.9 cm³/mol. The van der Waals surface area contributed by atoms with Gasteiger partial charge in [0.2, 0.25) is 10.8 Å². The van der Waals surface area contributed by atoms with Crippen LogP contribution in [0, 0.1) is 6.92 Å². The van der Waals surface area contributed by atoms with E-state index in [9.17, 15) is 0 Å². The summed E-state index contributed by atoms with van der Waals surface area (Å²) in [4.78, 5) is 8.88. The fourth-order valence-corrected chi connectivity index (χ4v) is 2.54. The second kappa shape index (κ2) is 4.17. The topological polar surface area (TPSA) is 94.9 Å². The molecule has 0 N–H and O–H groups in total. The maximum absolute atomic E-state index is 5.20. The lowest BCUT2D eigenvalue weighted by Gasteiger charge is -1.93. The lowest BCUT2D eigenvalue weighted by molar-refractivity contribution is 0.426. The molecule has 98 valence electrons. The van der Waals surface area contributed by atoms with Crippen molar-refractivity contribution in [3.8, 4) is 22.3 Å². The van der Waals surface area contributed by atoms with Crippen LogP contribution >= 0.6 is 11.3 Å². The van der Waals surface area contributed by atoms with E-state index in [1.807, 2.05) is 13.0 Å². The van der Waals surface area contributed by atoms with Crippen molar-refractivity contribution in [1.82, 2.24) is 34.9 Å². The Balaban J connectivity index is 1.87. The second-order valence-electron chi connectivity index (χ2n) is 4.05. The van der Waals surface area contributed by atoms with Crippen LogP contribution in [0.1, 0.15) is 5.69 Å². The van der Waals surface area contributed by atoms with E-state index in [-0.39, 0.29) is 0 Å². The maximum atomic E-state index is 5.20. The Morgan fingerprint density at radius 2 is 2.20 bits per heavy atom.